The van der Waals surface area contributed by atoms with Crippen LogP contribution in [-0.2, 0) is 9.63 Å². The van der Waals surface area contributed by atoms with E-state index in [4.69, 9.17) is 10.6 Å². The van der Waals surface area contributed by atoms with Crippen molar-refractivity contribution in [3.05, 3.63) is 65.5 Å². The average molecular weight is 337 g/mol. The highest BCUT2D eigenvalue weighted by molar-refractivity contribution is 5.97. The zero-order chi connectivity index (χ0) is 17.7. The lowest BCUT2D eigenvalue weighted by Gasteiger charge is -2.11. The third-order valence-corrected chi connectivity index (χ3v) is 3.01. The minimum atomic E-state index is -1.09. The standard InChI is InChI=1S/C16H14F3N3O2/c1-9(16(23)21-14-7-6-12(18)8-13(14)19)24-22-15(20)10-2-4-11(17)5-3-10/h2-9H,1H3,(H2,20,22)(H,21,23). The van der Waals surface area contributed by atoms with E-state index in [1.165, 1.54) is 31.2 Å². The molecule has 0 heterocycles. The maximum Gasteiger partial charge on any atom is 0.268 e. The van der Waals surface area contributed by atoms with Gasteiger partial charge in [0.2, 0.25) is 6.10 Å². The molecular weight excluding hydrogens is 323 g/mol. The van der Waals surface area contributed by atoms with Crippen LogP contribution in [0.3, 0.4) is 0 Å². The zero-order valence-corrected chi connectivity index (χ0v) is 12.6. The summed E-state index contributed by atoms with van der Waals surface area (Å²) in [5, 5.41) is 5.82. The van der Waals surface area contributed by atoms with E-state index in [1.54, 1.807) is 0 Å². The highest BCUT2D eigenvalue weighted by atomic mass is 19.1. The highest BCUT2D eigenvalue weighted by Crippen LogP contribution is 2.15. The van der Waals surface area contributed by atoms with Gasteiger partial charge in [0.1, 0.15) is 17.5 Å². The van der Waals surface area contributed by atoms with Gasteiger partial charge in [-0.3, -0.25) is 4.79 Å². The van der Waals surface area contributed by atoms with E-state index in [0.717, 1.165) is 12.1 Å². The van der Waals surface area contributed by atoms with Crippen LogP contribution in [0.2, 0.25) is 0 Å². The number of anilines is 1. The molecule has 2 rings (SSSR count). The zero-order valence-electron chi connectivity index (χ0n) is 12.6. The van der Waals surface area contributed by atoms with Crippen molar-refractivity contribution in [2.75, 3.05) is 5.32 Å². The molecule has 0 aliphatic carbocycles. The van der Waals surface area contributed by atoms with Gasteiger partial charge in [-0.05, 0) is 43.3 Å². The summed E-state index contributed by atoms with van der Waals surface area (Å²) >= 11 is 0. The number of nitrogens with one attached hydrogen (secondary N) is 1. The van der Waals surface area contributed by atoms with Crippen LogP contribution in [0.1, 0.15) is 12.5 Å². The smallest absolute Gasteiger partial charge is 0.268 e. The van der Waals surface area contributed by atoms with E-state index in [2.05, 4.69) is 10.5 Å². The number of halogens is 3. The molecule has 1 atom stereocenters. The normalized spacial score (nSPS) is 12.6. The van der Waals surface area contributed by atoms with Gasteiger partial charge in [0.25, 0.3) is 5.91 Å². The Labute approximate surface area is 135 Å². The molecule has 0 aliphatic heterocycles. The summed E-state index contributed by atoms with van der Waals surface area (Å²) < 4.78 is 39.1. The van der Waals surface area contributed by atoms with Crippen LogP contribution < -0.4 is 11.1 Å². The molecule has 24 heavy (non-hydrogen) atoms. The molecule has 0 saturated heterocycles. The van der Waals surface area contributed by atoms with Crippen molar-refractivity contribution in [3.8, 4) is 0 Å². The Balaban J connectivity index is 1.98. The first-order valence-electron chi connectivity index (χ1n) is 6.88. The molecule has 0 fully saturated rings. The van der Waals surface area contributed by atoms with E-state index in [0.29, 0.717) is 11.6 Å². The van der Waals surface area contributed by atoms with E-state index >= 15 is 0 Å². The van der Waals surface area contributed by atoms with Gasteiger partial charge in [-0.1, -0.05) is 5.16 Å². The predicted octanol–water partition coefficient (Wildman–Crippen LogP) is 2.77. The molecule has 0 aromatic heterocycles. The van der Waals surface area contributed by atoms with E-state index in [-0.39, 0.29) is 11.5 Å². The van der Waals surface area contributed by atoms with Gasteiger partial charge in [0.05, 0.1) is 5.69 Å². The van der Waals surface area contributed by atoms with Gasteiger partial charge in [-0.2, -0.15) is 0 Å². The molecule has 0 radical (unpaired) electrons. The Bertz CT molecular complexity index is 764. The summed E-state index contributed by atoms with van der Waals surface area (Å²) in [6.07, 6.45) is -1.09. The Hall–Kier alpha value is -3.03. The molecule has 0 aliphatic rings. The number of amides is 1. The van der Waals surface area contributed by atoms with E-state index in [9.17, 15) is 18.0 Å². The monoisotopic (exact) mass is 337 g/mol. The summed E-state index contributed by atoms with van der Waals surface area (Å²) in [7, 11) is 0. The minimum Gasteiger partial charge on any atom is -0.381 e. The van der Waals surface area contributed by atoms with Crippen LogP contribution >= 0.6 is 0 Å². The molecule has 126 valence electrons. The summed E-state index contributed by atoms with van der Waals surface area (Å²) in [5.74, 6) is -2.85. The second-order valence-electron chi connectivity index (χ2n) is 4.84. The molecule has 2 aromatic carbocycles. The van der Waals surface area contributed by atoms with Gasteiger partial charge in [-0.15, -0.1) is 0 Å². The van der Waals surface area contributed by atoms with Gasteiger partial charge < -0.3 is 15.9 Å². The Morgan fingerprint density at radius 1 is 1.12 bits per heavy atom. The SMILES string of the molecule is CC(O/N=C(\N)c1ccc(F)cc1)C(=O)Nc1ccc(F)cc1F. The summed E-state index contributed by atoms with van der Waals surface area (Å²) in [6.45, 7) is 1.37. The van der Waals surface area contributed by atoms with Crippen molar-refractivity contribution in [2.24, 2.45) is 10.9 Å². The molecular formula is C16H14F3N3O2. The fraction of sp³-hybridized carbons (Fsp3) is 0.125. The van der Waals surface area contributed by atoms with Gasteiger partial charge in [-0.25, -0.2) is 13.2 Å². The number of hydrogen-bond acceptors (Lipinski definition) is 3. The Morgan fingerprint density at radius 3 is 2.38 bits per heavy atom. The molecule has 0 bridgehead atoms. The average Bonchev–Trinajstić information content (AvgIpc) is 2.55. The lowest BCUT2D eigenvalue weighted by molar-refractivity contribution is -0.126. The van der Waals surface area contributed by atoms with E-state index in [1.807, 2.05) is 0 Å². The number of amidine groups is 1. The predicted molar refractivity (Wildman–Crippen MR) is 82.7 cm³/mol. The second kappa shape index (κ2) is 7.49. The number of benzene rings is 2. The number of carbonyl (C=O) groups is 1. The first-order valence-corrected chi connectivity index (χ1v) is 6.88. The third kappa shape index (κ3) is 4.48. The third-order valence-electron chi connectivity index (χ3n) is 3.01. The number of nitrogens with zero attached hydrogens (tertiary/aromatic N) is 1. The molecule has 0 saturated carbocycles. The summed E-state index contributed by atoms with van der Waals surface area (Å²) in [6, 6.07) is 7.94. The molecule has 3 N–H and O–H groups in total. The van der Waals surface area contributed by atoms with Gasteiger partial charge >= 0.3 is 0 Å². The fourth-order valence-electron chi connectivity index (χ4n) is 1.68. The topological polar surface area (TPSA) is 76.7 Å². The van der Waals surface area contributed by atoms with Crippen molar-refractivity contribution in [1.82, 2.24) is 0 Å². The maximum atomic E-state index is 13.5. The molecule has 1 amide bonds. The highest BCUT2D eigenvalue weighted by Gasteiger charge is 2.17. The maximum absolute atomic E-state index is 13.5. The quantitative estimate of drug-likeness (QED) is 0.500. The Kier molecular flexibility index (Phi) is 5.41. The number of hydrogen-bond donors (Lipinski definition) is 2. The van der Waals surface area contributed by atoms with Crippen molar-refractivity contribution in [1.29, 1.82) is 0 Å². The number of rotatable bonds is 5. The van der Waals surface area contributed by atoms with Crippen LogP contribution in [0.5, 0.6) is 0 Å². The van der Waals surface area contributed by atoms with Crippen LogP contribution in [0.4, 0.5) is 18.9 Å². The van der Waals surface area contributed by atoms with Crippen LogP contribution in [-0.4, -0.2) is 17.8 Å². The first kappa shape index (κ1) is 17.3. The lowest BCUT2D eigenvalue weighted by atomic mass is 10.2. The molecule has 2 aromatic rings. The number of carbonyl (C=O) groups excluding carboxylic acids is 1. The number of nitrogens with two attached hydrogens (primary N) is 1. The largest absolute Gasteiger partial charge is 0.381 e. The lowest BCUT2D eigenvalue weighted by Crippen LogP contribution is -2.28. The number of oxime groups is 1. The first-order chi connectivity index (χ1) is 11.4. The molecule has 0 spiro atoms. The summed E-state index contributed by atoms with van der Waals surface area (Å²) in [4.78, 5) is 16.8. The van der Waals surface area contributed by atoms with Gasteiger partial charge in [0, 0.05) is 11.6 Å². The molecule has 1 unspecified atom stereocenters. The van der Waals surface area contributed by atoms with Crippen LogP contribution in [0.15, 0.2) is 47.6 Å². The summed E-state index contributed by atoms with van der Waals surface area (Å²) in [5.41, 5.74) is 5.88. The molecule has 8 heteroatoms. The Morgan fingerprint density at radius 2 is 1.75 bits per heavy atom. The van der Waals surface area contributed by atoms with Crippen LogP contribution in [0, 0.1) is 17.5 Å². The van der Waals surface area contributed by atoms with Crippen molar-refractivity contribution in [2.45, 2.75) is 13.0 Å². The van der Waals surface area contributed by atoms with Crippen molar-refractivity contribution >= 4 is 17.4 Å². The van der Waals surface area contributed by atoms with Crippen LogP contribution in [0.25, 0.3) is 0 Å². The van der Waals surface area contributed by atoms with Crippen molar-refractivity contribution in [3.63, 3.8) is 0 Å². The fourth-order valence-corrected chi connectivity index (χ4v) is 1.68. The van der Waals surface area contributed by atoms with Crippen molar-refractivity contribution < 1.29 is 22.8 Å². The van der Waals surface area contributed by atoms with E-state index < -0.39 is 29.5 Å². The second-order valence-corrected chi connectivity index (χ2v) is 4.84. The minimum absolute atomic E-state index is 0.0531. The molecule has 5 nitrogen and oxygen atoms in total. The van der Waals surface area contributed by atoms with Gasteiger partial charge in [0.15, 0.2) is 5.84 Å².